The first kappa shape index (κ1) is 13.0. The fraction of sp³-hybridized carbons (Fsp3) is 0.143. The Morgan fingerprint density at radius 3 is 3.00 bits per heavy atom. The topological polar surface area (TPSA) is 76.8 Å². The number of fused-ring (bicyclic) bond motifs is 1. The first-order valence-corrected chi connectivity index (χ1v) is 6.97. The van der Waals surface area contributed by atoms with Gasteiger partial charge >= 0.3 is 0 Å². The predicted molar refractivity (Wildman–Crippen MR) is 78.9 cm³/mol. The highest BCUT2D eigenvalue weighted by Crippen LogP contribution is 2.27. The van der Waals surface area contributed by atoms with Crippen LogP contribution in [0.1, 0.15) is 5.56 Å². The van der Waals surface area contributed by atoms with E-state index in [2.05, 4.69) is 15.0 Å². The van der Waals surface area contributed by atoms with Crippen molar-refractivity contribution < 1.29 is 4.74 Å². The van der Waals surface area contributed by atoms with Gasteiger partial charge in [-0.15, -0.1) is 0 Å². The number of aromatic amines is 1. The molecule has 0 amide bonds. The Bertz CT molecular complexity index is 741. The van der Waals surface area contributed by atoms with E-state index < -0.39 is 0 Å². The molecule has 2 heterocycles. The Kier molecular flexibility index (Phi) is 3.58. The van der Waals surface area contributed by atoms with Crippen LogP contribution in [-0.2, 0) is 6.54 Å². The molecule has 0 aliphatic rings. The molecule has 2 aromatic heterocycles. The lowest BCUT2D eigenvalue weighted by atomic mass is 10.3. The van der Waals surface area contributed by atoms with Crippen LogP contribution in [-0.4, -0.2) is 22.1 Å². The van der Waals surface area contributed by atoms with Gasteiger partial charge in [0.05, 0.1) is 18.1 Å². The molecule has 6 heteroatoms. The number of hydrogen-bond donors (Lipinski definition) is 2. The number of benzene rings is 1. The molecule has 0 saturated carbocycles. The van der Waals surface area contributed by atoms with Gasteiger partial charge in [0.25, 0.3) is 0 Å². The number of methoxy groups -OCH3 is 1. The molecule has 0 aliphatic carbocycles. The molecule has 1 aromatic carbocycles. The van der Waals surface area contributed by atoms with Gasteiger partial charge in [-0.05, 0) is 41.6 Å². The molecule has 3 N–H and O–H groups in total. The van der Waals surface area contributed by atoms with E-state index in [0.29, 0.717) is 6.54 Å². The summed E-state index contributed by atoms with van der Waals surface area (Å²) in [6.45, 7) is 0.507. The van der Waals surface area contributed by atoms with Gasteiger partial charge in [0.15, 0.2) is 5.16 Å². The van der Waals surface area contributed by atoms with Gasteiger partial charge in [0.2, 0.25) is 0 Å². The van der Waals surface area contributed by atoms with E-state index in [0.717, 1.165) is 32.5 Å². The second-order valence-electron chi connectivity index (χ2n) is 4.23. The highest BCUT2D eigenvalue weighted by Gasteiger charge is 2.07. The number of aromatic nitrogens is 3. The summed E-state index contributed by atoms with van der Waals surface area (Å²) in [5.74, 6) is 0.806. The van der Waals surface area contributed by atoms with Gasteiger partial charge in [-0.2, -0.15) is 0 Å². The van der Waals surface area contributed by atoms with Crippen LogP contribution in [0.25, 0.3) is 11.0 Å². The smallest absolute Gasteiger partial charge is 0.172 e. The molecule has 0 atom stereocenters. The number of ether oxygens (including phenoxy) is 1. The lowest BCUT2D eigenvalue weighted by Gasteiger charge is -1.99. The molecule has 20 heavy (non-hydrogen) atoms. The number of H-pyrrole nitrogens is 1. The van der Waals surface area contributed by atoms with Crippen LogP contribution in [0.5, 0.6) is 5.75 Å². The molecule has 0 spiro atoms. The van der Waals surface area contributed by atoms with Crippen molar-refractivity contribution in [3.8, 4) is 5.75 Å². The summed E-state index contributed by atoms with van der Waals surface area (Å²) >= 11 is 1.48. The third-order valence-electron chi connectivity index (χ3n) is 2.90. The summed E-state index contributed by atoms with van der Waals surface area (Å²) in [4.78, 5) is 12.1. The first-order valence-electron chi connectivity index (χ1n) is 6.15. The number of rotatable bonds is 4. The van der Waals surface area contributed by atoms with Gasteiger partial charge in [-0.3, -0.25) is 0 Å². The van der Waals surface area contributed by atoms with Crippen molar-refractivity contribution in [2.75, 3.05) is 7.11 Å². The van der Waals surface area contributed by atoms with E-state index in [4.69, 9.17) is 10.5 Å². The molecule has 5 nitrogen and oxygen atoms in total. The van der Waals surface area contributed by atoms with Crippen molar-refractivity contribution in [2.24, 2.45) is 5.73 Å². The van der Waals surface area contributed by atoms with Crippen LogP contribution in [0.4, 0.5) is 0 Å². The highest BCUT2D eigenvalue weighted by molar-refractivity contribution is 7.99. The number of hydrogen-bond acceptors (Lipinski definition) is 5. The van der Waals surface area contributed by atoms with Crippen LogP contribution >= 0.6 is 11.8 Å². The molecular weight excluding hydrogens is 272 g/mol. The van der Waals surface area contributed by atoms with Crippen LogP contribution in [0.15, 0.2) is 46.7 Å². The maximum absolute atomic E-state index is 5.63. The summed E-state index contributed by atoms with van der Waals surface area (Å²) in [6.07, 6.45) is 1.76. The quantitative estimate of drug-likeness (QED) is 0.771. The average Bonchev–Trinajstić information content (AvgIpc) is 2.88. The number of nitrogens with one attached hydrogen (secondary N) is 1. The number of nitrogens with zero attached hydrogens (tertiary/aromatic N) is 2. The molecule has 0 radical (unpaired) electrons. The second kappa shape index (κ2) is 5.52. The summed E-state index contributed by atoms with van der Waals surface area (Å²) in [5, 5.41) is 1.67. The summed E-state index contributed by atoms with van der Waals surface area (Å²) in [6, 6.07) is 9.63. The van der Waals surface area contributed by atoms with Gasteiger partial charge in [0, 0.05) is 18.8 Å². The zero-order chi connectivity index (χ0) is 13.9. The van der Waals surface area contributed by atoms with Crippen molar-refractivity contribution in [1.82, 2.24) is 15.0 Å². The zero-order valence-electron chi connectivity index (χ0n) is 11.0. The summed E-state index contributed by atoms with van der Waals surface area (Å²) in [7, 11) is 1.65. The second-order valence-corrected chi connectivity index (χ2v) is 5.24. The minimum atomic E-state index is 0.507. The third-order valence-corrected chi connectivity index (χ3v) is 3.72. The SMILES string of the molecule is COc1ccc2nc(Sc3cc(CN)ccn3)[nH]c2c1. The zero-order valence-corrected chi connectivity index (χ0v) is 11.8. The third kappa shape index (κ3) is 2.61. The van der Waals surface area contributed by atoms with Crippen molar-refractivity contribution in [3.63, 3.8) is 0 Å². The van der Waals surface area contributed by atoms with Gasteiger partial charge < -0.3 is 15.5 Å². The Morgan fingerprint density at radius 2 is 2.20 bits per heavy atom. The average molecular weight is 286 g/mol. The van der Waals surface area contributed by atoms with Crippen LogP contribution in [0, 0.1) is 0 Å². The molecule has 3 rings (SSSR count). The minimum absolute atomic E-state index is 0.507. The minimum Gasteiger partial charge on any atom is -0.497 e. The van der Waals surface area contributed by atoms with Gasteiger partial charge in [0.1, 0.15) is 10.8 Å². The van der Waals surface area contributed by atoms with Crippen LogP contribution in [0.3, 0.4) is 0 Å². The van der Waals surface area contributed by atoms with E-state index in [1.807, 2.05) is 30.3 Å². The normalized spacial score (nSPS) is 10.9. The van der Waals surface area contributed by atoms with Crippen molar-refractivity contribution in [1.29, 1.82) is 0 Å². The lowest BCUT2D eigenvalue weighted by Crippen LogP contribution is -1.96. The fourth-order valence-corrected chi connectivity index (χ4v) is 2.70. The molecule has 0 bridgehead atoms. The maximum atomic E-state index is 5.63. The Balaban J connectivity index is 1.90. The van der Waals surface area contributed by atoms with E-state index in [9.17, 15) is 0 Å². The Labute approximate surface area is 120 Å². The first-order chi connectivity index (χ1) is 9.78. The lowest BCUT2D eigenvalue weighted by molar-refractivity contribution is 0.415. The van der Waals surface area contributed by atoms with Crippen molar-refractivity contribution in [3.05, 3.63) is 42.1 Å². The van der Waals surface area contributed by atoms with E-state index in [1.165, 1.54) is 11.8 Å². The maximum Gasteiger partial charge on any atom is 0.172 e. The van der Waals surface area contributed by atoms with E-state index >= 15 is 0 Å². The Hall–Kier alpha value is -2.05. The monoisotopic (exact) mass is 286 g/mol. The number of imidazole rings is 1. The Morgan fingerprint density at radius 1 is 1.30 bits per heavy atom. The molecule has 0 aliphatic heterocycles. The molecule has 3 aromatic rings. The summed E-state index contributed by atoms with van der Waals surface area (Å²) in [5.41, 5.74) is 8.54. The van der Waals surface area contributed by atoms with Crippen molar-refractivity contribution in [2.45, 2.75) is 16.7 Å². The van der Waals surface area contributed by atoms with Gasteiger partial charge in [-0.1, -0.05) is 0 Å². The number of pyridine rings is 1. The van der Waals surface area contributed by atoms with E-state index in [-0.39, 0.29) is 0 Å². The van der Waals surface area contributed by atoms with Crippen LogP contribution < -0.4 is 10.5 Å². The standard InChI is InChI=1S/C14H14N4OS/c1-19-10-2-3-11-12(7-10)18-14(17-11)20-13-6-9(8-15)4-5-16-13/h2-7H,8,15H2,1H3,(H,17,18). The molecule has 0 fully saturated rings. The predicted octanol–water partition coefficient (Wildman–Crippen LogP) is 2.58. The fourth-order valence-electron chi connectivity index (χ4n) is 1.87. The van der Waals surface area contributed by atoms with Gasteiger partial charge in [-0.25, -0.2) is 9.97 Å². The molecule has 0 unspecified atom stereocenters. The largest absolute Gasteiger partial charge is 0.497 e. The van der Waals surface area contributed by atoms with Crippen molar-refractivity contribution >= 4 is 22.8 Å². The molecule has 0 saturated heterocycles. The summed E-state index contributed by atoms with van der Waals surface area (Å²) < 4.78 is 5.20. The highest BCUT2D eigenvalue weighted by atomic mass is 32.2. The molecule has 102 valence electrons. The molecular formula is C14H14N4OS. The van der Waals surface area contributed by atoms with Crippen LogP contribution in [0.2, 0.25) is 0 Å². The number of nitrogens with two attached hydrogens (primary N) is 1. The van der Waals surface area contributed by atoms with E-state index in [1.54, 1.807) is 13.3 Å².